The van der Waals surface area contributed by atoms with Gasteiger partial charge >= 0.3 is 0 Å². The molecule has 2 rings (SSSR count). The first-order chi connectivity index (χ1) is 6.96. The fourth-order valence-electron chi connectivity index (χ4n) is 2.34. The van der Waals surface area contributed by atoms with Gasteiger partial charge in [-0.05, 0) is 55.9 Å². The average molecular weight is 270 g/mol. The van der Waals surface area contributed by atoms with Gasteiger partial charge in [-0.3, -0.25) is 0 Å². The van der Waals surface area contributed by atoms with Crippen LogP contribution in [0.25, 0.3) is 0 Å². The van der Waals surface area contributed by atoms with Crippen molar-refractivity contribution in [3.63, 3.8) is 0 Å². The van der Waals surface area contributed by atoms with Crippen LogP contribution in [-0.4, -0.2) is 5.11 Å². The summed E-state index contributed by atoms with van der Waals surface area (Å²) in [7, 11) is 0. The van der Waals surface area contributed by atoms with E-state index in [0.29, 0.717) is 5.75 Å². The topological polar surface area (TPSA) is 46.2 Å². The first-order valence-corrected chi connectivity index (χ1v) is 6.03. The van der Waals surface area contributed by atoms with Crippen LogP contribution in [0.1, 0.15) is 36.0 Å². The third kappa shape index (κ3) is 1.58. The number of benzene rings is 1. The Labute approximate surface area is 98.6 Å². The number of phenols is 1. The predicted octanol–water partition coefficient (Wildman–Crippen LogP) is 3.11. The van der Waals surface area contributed by atoms with Crippen LogP contribution in [0, 0.1) is 13.8 Å². The van der Waals surface area contributed by atoms with E-state index in [1.165, 1.54) is 6.42 Å². The number of hydrogen-bond donors (Lipinski definition) is 2. The zero-order chi connectivity index (χ0) is 11.2. The third-order valence-electron chi connectivity index (χ3n) is 3.43. The Bertz CT molecular complexity index is 411. The first kappa shape index (κ1) is 11.0. The van der Waals surface area contributed by atoms with Crippen molar-refractivity contribution >= 4 is 15.9 Å². The highest BCUT2D eigenvalue weighted by atomic mass is 79.9. The summed E-state index contributed by atoms with van der Waals surface area (Å²) in [4.78, 5) is 0. The summed E-state index contributed by atoms with van der Waals surface area (Å²) >= 11 is 3.55. The van der Waals surface area contributed by atoms with E-state index in [-0.39, 0.29) is 5.54 Å². The fraction of sp³-hybridized carbons (Fsp3) is 0.500. The van der Waals surface area contributed by atoms with Gasteiger partial charge in [0.25, 0.3) is 0 Å². The van der Waals surface area contributed by atoms with Crippen molar-refractivity contribution < 1.29 is 5.11 Å². The molecule has 0 bridgehead atoms. The molecule has 0 saturated heterocycles. The summed E-state index contributed by atoms with van der Waals surface area (Å²) in [5, 5.41) is 9.92. The van der Waals surface area contributed by atoms with Crippen LogP contribution in [0.4, 0.5) is 0 Å². The van der Waals surface area contributed by atoms with Gasteiger partial charge in [-0.1, -0.05) is 15.9 Å². The molecule has 1 aromatic rings. The van der Waals surface area contributed by atoms with Gasteiger partial charge in [-0.2, -0.15) is 0 Å². The lowest BCUT2D eigenvalue weighted by Crippen LogP contribution is -2.44. The van der Waals surface area contributed by atoms with Gasteiger partial charge in [0, 0.05) is 10.0 Å². The molecule has 3 N–H and O–H groups in total. The molecule has 0 amide bonds. The minimum Gasteiger partial charge on any atom is -0.507 e. The van der Waals surface area contributed by atoms with Crippen molar-refractivity contribution in [1.29, 1.82) is 0 Å². The van der Waals surface area contributed by atoms with Crippen molar-refractivity contribution in [2.24, 2.45) is 5.73 Å². The molecule has 15 heavy (non-hydrogen) atoms. The molecule has 3 heteroatoms. The molecule has 0 spiro atoms. The fourth-order valence-corrected chi connectivity index (χ4v) is 3.38. The molecular formula is C12H16BrNO. The van der Waals surface area contributed by atoms with E-state index in [4.69, 9.17) is 5.73 Å². The molecule has 0 aliphatic heterocycles. The van der Waals surface area contributed by atoms with Gasteiger partial charge in [0.2, 0.25) is 0 Å². The maximum Gasteiger partial charge on any atom is 0.121 e. The maximum atomic E-state index is 9.92. The molecule has 1 fully saturated rings. The Morgan fingerprint density at radius 2 is 2.00 bits per heavy atom. The number of nitrogens with two attached hydrogens (primary N) is 1. The highest BCUT2D eigenvalue weighted by Gasteiger charge is 2.37. The number of halogens is 1. The second kappa shape index (κ2) is 3.49. The van der Waals surface area contributed by atoms with Crippen LogP contribution in [-0.2, 0) is 5.54 Å². The summed E-state index contributed by atoms with van der Waals surface area (Å²) < 4.78 is 1.03. The normalized spacial score (nSPS) is 18.7. The van der Waals surface area contributed by atoms with E-state index in [9.17, 15) is 5.11 Å². The number of hydrogen-bond acceptors (Lipinski definition) is 2. The minimum absolute atomic E-state index is 0.228. The lowest BCUT2D eigenvalue weighted by Gasteiger charge is -2.40. The summed E-state index contributed by atoms with van der Waals surface area (Å²) in [6.45, 7) is 3.84. The van der Waals surface area contributed by atoms with Crippen molar-refractivity contribution in [1.82, 2.24) is 0 Å². The van der Waals surface area contributed by atoms with Crippen LogP contribution in [0.2, 0.25) is 0 Å². The molecule has 1 saturated carbocycles. The van der Waals surface area contributed by atoms with E-state index in [2.05, 4.69) is 15.9 Å². The number of phenolic OH excluding ortho intramolecular Hbond substituents is 1. The molecule has 0 radical (unpaired) electrons. The zero-order valence-electron chi connectivity index (χ0n) is 9.10. The van der Waals surface area contributed by atoms with Crippen molar-refractivity contribution in [2.45, 2.75) is 38.6 Å². The lowest BCUT2D eigenvalue weighted by molar-refractivity contribution is 0.250. The standard InChI is InChI=1S/C12H16BrNO/c1-7-6-9(13)10(8(2)11(7)15)12(14)4-3-5-12/h6,15H,3-5,14H2,1-2H3. The highest BCUT2D eigenvalue weighted by Crippen LogP contribution is 2.45. The third-order valence-corrected chi connectivity index (χ3v) is 4.05. The Morgan fingerprint density at radius 3 is 2.47 bits per heavy atom. The predicted molar refractivity (Wildman–Crippen MR) is 65.0 cm³/mol. The van der Waals surface area contributed by atoms with Crippen molar-refractivity contribution in [3.05, 3.63) is 27.2 Å². The van der Waals surface area contributed by atoms with Crippen molar-refractivity contribution in [2.75, 3.05) is 0 Å². The molecule has 1 aromatic carbocycles. The van der Waals surface area contributed by atoms with E-state index >= 15 is 0 Å². The van der Waals surface area contributed by atoms with Crippen LogP contribution < -0.4 is 5.73 Å². The molecule has 2 nitrogen and oxygen atoms in total. The Balaban J connectivity index is 2.61. The molecule has 0 unspecified atom stereocenters. The molecular weight excluding hydrogens is 254 g/mol. The second-order valence-electron chi connectivity index (χ2n) is 4.53. The maximum absolute atomic E-state index is 9.92. The van der Waals surface area contributed by atoms with Crippen LogP contribution in [0.5, 0.6) is 5.75 Å². The summed E-state index contributed by atoms with van der Waals surface area (Å²) in [6, 6.07) is 1.95. The van der Waals surface area contributed by atoms with E-state index < -0.39 is 0 Å². The molecule has 0 atom stereocenters. The Kier molecular flexibility index (Phi) is 2.55. The van der Waals surface area contributed by atoms with Crippen LogP contribution in [0.3, 0.4) is 0 Å². The molecule has 0 aromatic heterocycles. The van der Waals surface area contributed by atoms with Gasteiger partial charge in [0.05, 0.1) is 0 Å². The zero-order valence-corrected chi connectivity index (χ0v) is 10.7. The SMILES string of the molecule is Cc1cc(Br)c(C2(N)CCC2)c(C)c1O. The Morgan fingerprint density at radius 1 is 1.40 bits per heavy atom. The van der Waals surface area contributed by atoms with E-state index in [1.807, 2.05) is 19.9 Å². The van der Waals surface area contributed by atoms with Gasteiger partial charge in [0.1, 0.15) is 5.75 Å². The molecule has 82 valence electrons. The molecule has 1 aliphatic carbocycles. The summed E-state index contributed by atoms with van der Waals surface area (Å²) in [5.41, 5.74) is 8.97. The van der Waals surface area contributed by atoms with Crippen LogP contribution in [0.15, 0.2) is 10.5 Å². The number of aromatic hydroxyl groups is 1. The van der Waals surface area contributed by atoms with E-state index in [0.717, 1.165) is 34.0 Å². The summed E-state index contributed by atoms with van der Waals surface area (Å²) in [5.74, 6) is 0.380. The number of aryl methyl sites for hydroxylation is 1. The van der Waals surface area contributed by atoms with Crippen LogP contribution >= 0.6 is 15.9 Å². The average Bonchev–Trinajstić information content (AvgIpc) is 2.11. The number of rotatable bonds is 1. The van der Waals surface area contributed by atoms with Gasteiger partial charge in [-0.25, -0.2) is 0 Å². The van der Waals surface area contributed by atoms with Gasteiger partial charge in [0.15, 0.2) is 0 Å². The smallest absolute Gasteiger partial charge is 0.121 e. The quantitative estimate of drug-likeness (QED) is 0.823. The minimum atomic E-state index is -0.228. The lowest BCUT2D eigenvalue weighted by atomic mass is 9.71. The Hall–Kier alpha value is -0.540. The summed E-state index contributed by atoms with van der Waals surface area (Å²) in [6.07, 6.45) is 3.20. The first-order valence-electron chi connectivity index (χ1n) is 5.24. The monoisotopic (exact) mass is 269 g/mol. The largest absolute Gasteiger partial charge is 0.507 e. The van der Waals surface area contributed by atoms with Gasteiger partial charge in [-0.15, -0.1) is 0 Å². The second-order valence-corrected chi connectivity index (χ2v) is 5.39. The van der Waals surface area contributed by atoms with E-state index in [1.54, 1.807) is 0 Å². The van der Waals surface area contributed by atoms with Gasteiger partial charge < -0.3 is 10.8 Å². The molecule has 1 aliphatic rings. The molecule has 0 heterocycles. The van der Waals surface area contributed by atoms with Crippen molar-refractivity contribution in [3.8, 4) is 5.75 Å². The highest BCUT2D eigenvalue weighted by molar-refractivity contribution is 9.10.